The highest BCUT2D eigenvalue weighted by atomic mass is 32.2. The van der Waals surface area contributed by atoms with Gasteiger partial charge in [0.15, 0.2) is 0 Å². The molecule has 1 aromatic rings. The molecule has 1 aliphatic carbocycles. The van der Waals surface area contributed by atoms with Gasteiger partial charge in [0.05, 0.1) is 4.90 Å². The Hall–Kier alpha value is -1.07. The van der Waals surface area contributed by atoms with Gasteiger partial charge in [-0.3, -0.25) is 0 Å². The van der Waals surface area contributed by atoms with Gasteiger partial charge in [-0.1, -0.05) is 19.3 Å². The van der Waals surface area contributed by atoms with Crippen LogP contribution in [0.2, 0.25) is 0 Å². The third-order valence-corrected chi connectivity index (χ3v) is 5.59. The van der Waals surface area contributed by atoms with E-state index >= 15 is 0 Å². The maximum Gasteiger partial charge on any atom is 0.240 e. The molecule has 0 aliphatic heterocycles. The zero-order valence-corrected chi connectivity index (χ0v) is 12.4. The van der Waals surface area contributed by atoms with Crippen LogP contribution in [0.15, 0.2) is 17.0 Å². The van der Waals surface area contributed by atoms with Crippen molar-refractivity contribution >= 4 is 15.7 Å². The Morgan fingerprint density at radius 2 is 2.00 bits per heavy atom. The first kappa shape index (κ1) is 14.3. The van der Waals surface area contributed by atoms with Crippen molar-refractivity contribution in [1.82, 2.24) is 4.72 Å². The Morgan fingerprint density at radius 3 is 2.58 bits per heavy atom. The van der Waals surface area contributed by atoms with Crippen molar-refractivity contribution in [3.8, 4) is 0 Å². The second kappa shape index (κ2) is 5.51. The predicted molar refractivity (Wildman–Crippen MR) is 77.5 cm³/mol. The summed E-state index contributed by atoms with van der Waals surface area (Å²) in [6.07, 6.45) is 4.68. The molecule has 1 aromatic carbocycles. The van der Waals surface area contributed by atoms with E-state index in [9.17, 15) is 8.42 Å². The zero-order chi connectivity index (χ0) is 14.0. The first-order valence-electron chi connectivity index (χ1n) is 6.76. The normalized spacial score (nSPS) is 16.3. The third kappa shape index (κ3) is 3.28. The van der Waals surface area contributed by atoms with Crippen LogP contribution in [-0.4, -0.2) is 15.0 Å². The molecule has 0 bridgehead atoms. The van der Waals surface area contributed by atoms with Crippen molar-refractivity contribution in [2.75, 3.05) is 12.3 Å². The van der Waals surface area contributed by atoms with E-state index in [0.717, 1.165) is 17.5 Å². The lowest BCUT2D eigenvalue weighted by molar-refractivity contribution is 0.297. The zero-order valence-electron chi connectivity index (χ0n) is 11.6. The first-order valence-corrected chi connectivity index (χ1v) is 8.25. The first-order chi connectivity index (χ1) is 8.90. The van der Waals surface area contributed by atoms with E-state index in [0.29, 0.717) is 23.0 Å². The standard InChI is InChI=1S/C14H22N2O2S/c1-10-8-13(15)9-14(11(10)2)19(17,18)16-7-6-12-4-3-5-12/h8-9,12,16H,3-7,15H2,1-2H3. The fourth-order valence-electron chi connectivity index (χ4n) is 2.39. The van der Waals surface area contributed by atoms with Crippen molar-refractivity contribution in [3.05, 3.63) is 23.3 Å². The molecule has 0 saturated heterocycles. The summed E-state index contributed by atoms with van der Waals surface area (Å²) in [5.74, 6) is 0.700. The van der Waals surface area contributed by atoms with Crippen LogP contribution < -0.4 is 10.5 Å². The van der Waals surface area contributed by atoms with Crippen LogP contribution in [-0.2, 0) is 10.0 Å². The maximum atomic E-state index is 12.3. The number of hydrogen-bond donors (Lipinski definition) is 2. The quantitative estimate of drug-likeness (QED) is 0.814. The predicted octanol–water partition coefficient (Wildman–Crippen LogP) is 2.35. The topological polar surface area (TPSA) is 72.2 Å². The molecule has 0 radical (unpaired) electrons. The Bertz CT molecular complexity index is 563. The van der Waals surface area contributed by atoms with Crippen LogP contribution >= 0.6 is 0 Å². The summed E-state index contributed by atoms with van der Waals surface area (Å²) < 4.78 is 27.2. The fourth-order valence-corrected chi connectivity index (χ4v) is 3.79. The average Bonchev–Trinajstić information content (AvgIpc) is 2.26. The van der Waals surface area contributed by atoms with E-state index in [-0.39, 0.29) is 0 Å². The highest BCUT2D eigenvalue weighted by Crippen LogP contribution is 2.29. The van der Waals surface area contributed by atoms with Gasteiger partial charge in [-0.05, 0) is 49.4 Å². The lowest BCUT2D eigenvalue weighted by Crippen LogP contribution is -2.28. The monoisotopic (exact) mass is 282 g/mol. The van der Waals surface area contributed by atoms with Gasteiger partial charge in [0.2, 0.25) is 10.0 Å². The van der Waals surface area contributed by atoms with Crippen LogP contribution in [0.25, 0.3) is 0 Å². The summed E-state index contributed by atoms with van der Waals surface area (Å²) in [6.45, 7) is 4.20. The lowest BCUT2D eigenvalue weighted by atomic mass is 9.83. The smallest absolute Gasteiger partial charge is 0.240 e. The molecule has 3 N–H and O–H groups in total. The minimum atomic E-state index is -3.45. The molecule has 1 aliphatic rings. The molecule has 0 unspecified atom stereocenters. The summed E-state index contributed by atoms with van der Waals surface area (Å²) in [4.78, 5) is 0.304. The molecule has 0 spiro atoms. The van der Waals surface area contributed by atoms with Gasteiger partial charge < -0.3 is 5.73 Å². The molecule has 0 aromatic heterocycles. The Kier molecular flexibility index (Phi) is 4.16. The van der Waals surface area contributed by atoms with Gasteiger partial charge in [-0.15, -0.1) is 0 Å². The van der Waals surface area contributed by atoms with Crippen LogP contribution in [0.5, 0.6) is 0 Å². The average molecular weight is 282 g/mol. The number of nitrogens with two attached hydrogens (primary N) is 1. The minimum Gasteiger partial charge on any atom is -0.399 e. The Labute approximate surface area is 115 Å². The maximum absolute atomic E-state index is 12.3. The van der Waals surface area contributed by atoms with Gasteiger partial charge in [0.1, 0.15) is 0 Å². The van der Waals surface area contributed by atoms with Gasteiger partial charge in [0.25, 0.3) is 0 Å². The van der Waals surface area contributed by atoms with E-state index in [4.69, 9.17) is 5.73 Å². The van der Waals surface area contributed by atoms with Crippen molar-refractivity contribution in [1.29, 1.82) is 0 Å². The number of nitrogens with one attached hydrogen (secondary N) is 1. The molecule has 0 heterocycles. The second-order valence-electron chi connectivity index (χ2n) is 5.44. The van der Waals surface area contributed by atoms with Gasteiger partial charge >= 0.3 is 0 Å². The van der Waals surface area contributed by atoms with Crippen LogP contribution in [0.1, 0.15) is 36.8 Å². The summed E-state index contributed by atoms with van der Waals surface area (Å²) in [6, 6.07) is 3.33. The Morgan fingerprint density at radius 1 is 1.32 bits per heavy atom. The van der Waals surface area contributed by atoms with Gasteiger partial charge in [-0.2, -0.15) is 0 Å². The summed E-state index contributed by atoms with van der Waals surface area (Å²) in [7, 11) is -3.45. The van der Waals surface area contributed by atoms with Gasteiger partial charge in [-0.25, -0.2) is 13.1 Å². The van der Waals surface area contributed by atoms with E-state index in [1.54, 1.807) is 6.07 Å². The molecule has 106 valence electrons. The molecular weight excluding hydrogens is 260 g/mol. The second-order valence-corrected chi connectivity index (χ2v) is 7.18. The number of aryl methyl sites for hydroxylation is 1. The summed E-state index contributed by atoms with van der Waals surface area (Å²) in [5.41, 5.74) is 7.90. The third-order valence-electron chi connectivity index (χ3n) is 4.00. The van der Waals surface area contributed by atoms with Crippen LogP contribution in [0, 0.1) is 19.8 Å². The van der Waals surface area contributed by atoms with Gasteiger partial charge in [0, 0.05) is 12.2 Å². The number of hydrogen-bond acceptors (Lipinski definition) is 3. The SMILES string of the molecule is Cc1cc(N)cc(S(=O)(=O)NCCC2CCC2)c1C. The molecule has 0 atom stereocenters. The van der Waals surface area contributed by atoms with E-state index in [1.807, 2.05) is 13.8 Å². The molecular formula is C14H22N2O2S. The number of anilines is 1. The highest BCUT2D eigenvalue weighted by Gasteiger charge is 2.21. The fraction of sp³-hybridized carbons (Fsp3) is 0.571. The molecule has 19 heavy (non-hydrogen) atoms. The number of rotatable bonds is 5. The molecule has 0 amide bonds. The number of nitrogen functional groups attached to an aromatic ring is 1. The summed E-state index contributed by atoms with van der Waals surface area (Å²) >= 11 is 0. The van der Waals surface area contributed by atoms with Crippen LogP contribution in [0.4, 0.5) is 5.69 Å². The van der Waals surface area contributed by atoms with Crippen molar-refractivity contribution < 1.29 is 8.42 Å². The molecule has 1 saturated carbocycles. The van der Waals surface area contributed by atoms with Crippen molar-refractivity contribution in [2.45, 2.75) is 44.4 Å². The Balaban J connectivity index is 2.09. The summed E-state index contributed by atoms with van der Waals surface area (Å²) in [5, 5.41) is 0. The molecule has 2 rings (SSSR count). The molecule has 5 heteroatoms. The van der Waals surface area contributed by atoms with Crippen molar-refractivity contribution in [3.63, 3.8) is 0 Å². The molecule has 4 nitrogen and oxygen atoms in total. The van der Waals surface area contributed by atoms with E-state index in [1.165, 1.54) is 25.3 Å². The van der Waals surface area contributed by atoms with E-state index < -0.39 is 10.0 Å². The largest absolute Gasteiger partial charge is 0.399 e. The van der Waals surface area contributed by atoms with E-state index in [2.05, 4.69) is 4.72 Å². The number of sulfonamides is 1. The van der Waals surface area contributed by atoms with Crippen molar-refractivity contribution in [2.24, 2.45) is 5.92 Å². The lowest BCUT2D eigenvalue weighted by Gasteiger charge is -2.25. The molecule has 1 fully saturated rings. The number of benzene rings is 1. The highest BCUT2D eigenvalue weighted by molar-refractivity contribution is 7.89. The van der Waals surface area contributed by atoms with Crippen LogP contribution in [0.3, 0.4) is 0 Å². The minimum absolute atomic E-state index is 0.304.